The molecule has 0 aliphatic carbocycles. The Morgan fingerprint density at radius 2 is 1.92 bits per heavy atom. The number of methoxy groups -OCH3 is 2. The van der Waals surface area contributed by atoms with Gasteiger partial charge in [0.2, 0.25) is 10.0 Å². The van der Waals surface area contributed by atoms with Crippen LogP contribution in [-0.2, 0) is 14.8 Å². The molecule has 0 bridgehead atoms. The number of piperazine rings is 1. The Balaban J connectivity index is 1.81. The molecular weight excluding hydrogens is 358 g/mol. The normalized spacial score (nSPS) is 22.3. The van der Waals surface area contributed by atoms with Crippen molar-refractivity contribution in [2.45, 2.75) is 17.4 Å². The molecule has 0 radical (unpaired) electrons. The SMILES string of the molecule is COC(=O)c1cc(S(=O)(=O)N2CCC(N3CCNCC3)C2)ccc1OC. The molecule has 1 unspecified atom stereocenters. The fourth-order valence-corrected chi connectivity index (χ4v) is 5.06. The first-order valence-electron chi connectivity index (χ1n) is 8.68. The molecule has 2 aliphatic heterocycles. The van der Waals surface area contributed by atoms with Crippen LogP contribution in [0.15, 0.2) is 23.1 Å². The first kappa shape index (κ1) is 19.1. The van der Waals surface area contributed by atoms with Crippen molar-refractivity contribution in [1.29, 1.82) is 0 Å². The zero-order valence-electron chi connectivity index (χ0n) is 15.1. The maximum atomic E-state index is 13.0. The van der Waals surface area contributed by atoms with Gasteiger partial charge in [0.25, 0.3) is 0 Å². The predicted molar refractivity (Wildman–Crippen MR) is 95.9 cm³/mol. The molecule has 9 heteroatoms. The Hall–Kier alpha value is -1.68. The molecule has 1 aromatic carbocycles. The van der Waals surface area contributed by atoms with Gasteiger partial charge in [-0.25, -0.2) is 13.2 Å². The highest BCUT2D eigenvalue weighted by Crippen LogP contribution is 2.28. The second-order valence-corrected chi connectivity index (χ2v) is 8.38. The Morgan fingerprint density at radius 3 is 2.58 bits per heavy atom. The van der Waals surface area contributed by atoms with Gasteiger partial charge in [0.05, 0.1) is 19.1 Å². The van der Waals surface area contributed by atoms with E-state index in [1.807, 2.05) is 0 Å². The zero-order chi connectivity index (χ0) is 18.7. The molecule has 8 nitrogen and oxygen atoms in total. The van der Waals surface area contributed by atoms with Gasteiger partial charge < -0.3 is 14.8 Å². The highest BCUT2D eigenvalue weighted by atomic mass is 32.2. The second kappa shape index (κ2) is 7.91. The summed E-state index contributed by atoms with van der Waals surface area (Å²) in [6.07, 6.45) is 0.819. The lowest BCUT2D eigenvalue weighted by Gasteiger charge is -2.32. The van der Waals surface area contributed by atoms with E-state index in [1.54, 1.807) is 0 Å². The standard InChI is InChI=1S/C17H25N3O5S/c1-24-16-4-3-14(11-15(16)17(21)25-2)26(22,23)20-8-5-13(12-20)19-9-6-18-7-10-19/h3-4,11,13,18H,5-10,12H2,1-2H3. The van der Waals surface area contributed by atoms with E-state index in [9.17, 15) is 13.2 Å². The Labute approximate surface area is 154 Å². The van der Waals surface area contributed by atoms with Crippen molar-refractivity contribution >= 4 is 16.0 Å². The third kappa shape index (κ3) is 3.71. The van der Waals surface area contributed by atoms with E-state index >= 15 is 0 Å². The molecule has 0 amide bonds. The number of sulfonamides is 1. The van der Waals surface area contributed by atoms with Crippen molar-refractivity contribution in [3.8, 4) is 5.75 Å². The summed E-state index contributed by atoms with van der Waals surface area (Å²) in [5.74, 6) is -0.338. The fraction of sp³-hybridized carbons (Fsp3) is 0.588. The van der Waals surface area contributed by atoms with Crippen molar-refractivity contribution < 1.29 is 22.7 Å². The molecule has 1 aromatic rings. The summed E-state index contributed by atoms with van der Waals surface area (Å²) in [5.41, 5.74) is 0.105. The lowest BCUT2D eigenvalue weighted by atomic mass is 10.2. The smallest absolute Gasteiger partial charge is 0.341 e. The molecule has 3 rings (SSSR count). The van der Waals surface area contributed by atoms with Gasteiger partial charge in [0, 0.05) is 45.3 Å². The minimum absolute atomic E-state index is 0.0830. The molecule has 0 saturated carbocycles. The summed E-state index contributed by atoms with van der Waals surface area (Å²) < 4.78 is 37.4. The van der Waals surface area contributed by atoms with Crippen molar-refractivity contribution in [3.63, 3.8) is 0 Å². The monoisotopic (exact) mass is 383 g/mol. The molecule has 2 fully saturated rings. The minimum atomic E-state index is -3.67. The van der Waals surface area contributed by atoms with E-state index in [4.69, 9.17) is 9.47 Å². The number of carbonyl (C=O) groups is 1. The van der Waals surface area contributed by atoms with Crippen molar-refractivity contribution in [1.82, 2.24) is 14.5 Å². The first-order chi connectivity index (χ1) is 12.5. The van der Waals surface area contributed by atoms with Crippen LogP contribution in [0.5, 0.6) is 5.75 Å². The van der Waals surface area contributed by atoms with E-state index < -0.39 is 16.0 Å². The summed E-state index contributed by atoms with van der Waals surface area (Å²) in [6.45, 7) is 4.70. The van der Waals surface area contributed by atoms with E-state index in [0.29, 0.717) is 13.1 Å². The van der Waals surface area contributed by atoms with Crippen LogP contribution in [0.2, 0.25) is 0 Å². The van der Waals surface area contributed by atoms with Gasteiger partial charge >= 0.3 is 5.97 Å². The number of rotatable bonds is 5. The largest absolute Gasteiger partial charge is 0.496 e. The molecule has 2 aliphatic rings. The highest BCUT2D eigenvalue weighted by Gasteiger charge is 2.36. The minimum Gasteiger partial charge on any atom is -0.496 e. The number of nitrogens with zero attached hydrogens (tertiary/aromatic N) is 2. The highest BCUT2D eigenvalue weighted by molar-refractivity contribution is 7.89. The molecule has 144 valence electrons. The quantitative estimate of drug-likeness (QED) is 0.724. The van der Waals surface area contributed by atoms with E-state index in [-0.39, 0.29) is 22.3 Å². The van der Waals surface area contributed by atoms with Crippen LogP contribution in [0.4, 0.5) is 0 Å². The number of hydrogen-bond acceptors (Lipinski definition) is 7. The molecule has 0 aromatic heterocycles. The Morgan fingerprint density at radius 1 is 1.19 bits per heavy atom. The van der Waals surface area contributed by atoms with Gasteiger partial charge in [-0.05, 0) is 24.6 Å². The Kier molecular flexibility index (Phi) is 5.81. The summed E-state index contributed by atoms with van der Waals surface area (Å²) in [5, 5.41) is 3.31. The first-order valence-corrected chi connectivity index (χ1v) is 10.1. The van der Waals surface area contributed by atoms with Crippen LogP contribution in [0.25, 0.3) is 0 Å². The van der Waals surface area contributed by atoms with Gasteiger partial charge in [-0.1, -0.05) is 0 Å². The van der Waals surface area contributed by atoms with Crippen molar-refractivity contribution in [2.75, 3.05) is 53.5 Å². The second-order valence-electron chi connectivity index (χ2n) is 6.45. The molecule has 1 N–H and O–H groups in total. The number of carbonyl (C=O) groups excluding carboxylic acids is 1. The summed E-state index contributed by atoms with van der Waals surface area (Å²) in [6, 6.07) is 4.53. The number of hydrogen-bond donors (Lipinski definition) is 1. The zero-order valence-corrected chi connectivity index (χ0v) is 15.9. The summed E-state index contributed by atoms with van der Waals surface area (Å²) in [4.78, 5) is 14.4. The lowest BCUT2D eigenvalue weighted by Crippen LogP contribution is -2.49. The fourth-order valence-electron chi connectivity index (χ4n) is 3.54. The van der Waals surface area contributed by atoms with Crippen LogP contribution in [0, 0.1) is 0 Å². The predicted octanol–water partition coefficient (Wildman–Crippen LogP) is 0.150. The topological polar surface area (TPSA) is 88.2 Å². The average Bonchev–Trinajstić information content (AvgIpc) is 3.18. The molecule has 1 atom stereocenters. The molecule has 0 spiro atoms. The van der Waals surface area contributed by atoms with E-state index in [0.717, 1.165) is 32.6 Å². The third-order valence-corrected chi connectivity index (χ3v) is 6.87. The molecular formula is C17H25N3O5S. The lowest BCUT2D eigenvalue weighted by molar-refractivity contribution is 0.0596. The average molecular weight is 383 g/mol. The van der Waals surface area contributed by atoms with Crippen molar-refractivity contribution in [2.24, 2.45) is 0 Å². The number of benzene rings is 1. The molecule has 2 saturated heterocycles. The van der Waals surface area contributed by atoms with Gasteiger partial charge in [0.1, 0.15) is 11.3 Å². The number of nitrogens with one attached hydrogen (secondary N) is 1. The van der Waals surface area contributed by atoms with Gasteiger partial charge in [0.15, 0.2) is 0 Å². The van der Waals surface area contributed by atoms with Crippen LogP contribution in [-0.4, -0.2) is 83.1 Å². The summed E-state index contributed by atoms with van der Waals surface area (Å²) >= 11 is 0. The molecule has 26 heavy (non-hydrogen) atoms. The van der Waals surface area contributed by atoms with Gasteiger partial charge in [-0.3, -0.25) is 4.90 Å². The van der Waals surface area contributed by atoms with Crippen molar-refractivity contribution in [3.05, 3.63) is 23.8 Å². The number of ether oxygens (including phenoxy) is 2. The van der Waals surface area contributed by atoms with Crippen LogP contribution in [0.3, 0.4) is 0 Å². The maximum absolute atomic E-state index is 13.0. The van der Waals surface area contributed by atoms with E-state index in [2.05, 4.69) is 10.2 Å². The number of esters is 1. The third-order valence-electron chi connectivity index (χ3n) is 5.01. The maximum Gasteiger partial charge on any atom is 0.341 e. The van der Waals surface area contributed by atoms with Crippen LogP contribution < -0.4 is 10.1 Å². The Bertz CT molecular complexity index is 762. The van der Waals surface area contributed by atoms with Gasteiger partial charge in [-0.2, -0.15) is 4.31 Å². The van der Waals surface area contributed by atoms with Gasteiger partial charge in [-0.15, -0.1) is 0 Å². The summed E-state index contributed by atoms with van der Waals surface area (Å²) in [7, 11) is -0.995. The van der Waals surface area contributed by atoms with Crippen LogP contribution in [0.1, 0.15) is 16.8 Å². The van der Waals surface area contributed by atoms with E-state index in [1.165, 1.54) is 36.7 Å². The van der Waals surface area contributed by atoms with Crippen LogP contribution >= 0.6 is 0 Å². The molecule has 2 heterocycles.